The Balaban J connectivity index is 2.23. The van der Waals surface area contributed by atoms with Crippen LogP contribution in [0.25, 0.3) is 0 Å². The zero-order chi connectivity index (χ0) is 8.39. The molecule has 2 heterocycles. The van der Waals surface area contributed by atoms with Crippen molar-refractivity contribution < 1.29 is 9.21 Å². The zero-order valence-corrected chi connectivity index (χ0v) is 6.18. The van der Waals surface area contributed by atoms with Gasteiger partial charge in [0.2, 0.25) is 0 Å². The van der Waals surface area contributed by atoms with E-state index in [1.165, 1.54) is 12.4 Å². The first-order valence-electron chi connectivity index (χ1n) is 3.52. The lowest BCUT2D eigenvalue weighted by molar-refractivity contribution is 0.257. The van der Waals surface area contributed by atoms with E-state index in [9.17, 15) is 4.79 Å². The van der Waals surface area contributed by atoms with Gasteiger partial charge in [-0.15, -0.1) is 0 Å². The molecule has 0 unspecified atom stereocenters. The summed E-state index contributed by atoms with van der Waals surface area (Å²) in [5, 5.41) is 0. The normalized spacial score (nSPS) is 17.2. The number of nitrogens with zero attached hydrogens (tertiary/aromatic N) is 2. The van der Waals surface area contributed by atoms with Gasteiger partial charge < -0.3 is 4.42 Å². The Hall–Kier alpha value is -1.71. The number of hydrogen-bond donors (Lipinski definition) is 0. The smallest absolute Gasteiger partial charge is 0.366 e. The van der Waals surface area contributed by atoms with E-state index in [-0.39, 0.29) is 5.92 Å². The summed E-state index contributed by atoms with van der Waals surface area (Å²) in [5.41, 5.74) is 0. The molecule has 4 heteroatoms. The van der Waals surface area contributed by atoms with Crippen molar-refractivity contribution in [2.24, 2.45) is 9.98 Å². The van der Waals surface area contributed by atoms with Crippen LogP contribution in [0.4, 0.5) is 4.79 Å². The van der Waals surface area contributed by atoms with Crippen LogP contribution in [0, 0.1) is 0 Å². The molecule has 1 aliphatic heterocycles. The van der Waals surface area contributed by atoms with Gasteiger partial charge in [0, 0.05) is 12.4 Å². The number of amides is 2. The fourth-order valence-corrected chi connectivity index (χ4v) is 0.988. The third-order valence-corrected chi connectivity index (χ3v) is 1.56. The number of furan rings is 1. The van der Waals surface area contributed by atoms with Crippen LogP contribution >= 0.6 is 0 Å². The molecule has 0 radical (unpaired) electrons. The number of carbonyl (C=O) groups is 1. The highest BCUT2D eigenvalue weighted by Gasteiger charge is 2.13. The minimum Gasteiger partial charge on any atom is -0.468 e. The third-order valence-electron chi connectivity index (χ3n) is 1.56. The molecule has 0 saturated carbocycles. The van der Waals surface area contributed by atoms with E-state index < -0.39 is 6.03 Å². The zero-order valence-electron chi connectivity index (χ0n) is 6.18. The van der Waals surface area contributed by atoms with Gasteiger partial charge in [-0.25, -0.2) is 14.8 Å². The molecule has 12 heavy (non-hydrogen) atoms. The maximum absolute atomic E-state index is 10.6. The van der Waals surface area contributed by atoms with E-state index in [2.05, 4.69) is 9.98 Å². The summed E-state index contributed by atoms with van der Waals surface area (Å²) >= 11 is 0. The molecule has 0 spiro atoms. The minimum atomic E-state index is -0.460. The van der Waals surface area contributed by atoms with Gasteiger partial charge in [-0.3, -0.25) is 0 Å². The van der Waals surface area contributed by atoms with Crippen molar-refractivity contribution in [3.8, 4) is 0 Å². The van der Waals surface area contributed by atoms with E-state index >= 15 is 0 Å². The number of rotatable bonds is 1. The van der Waals surface area contributed by atoms with Gasteiger partial charge in [0.1, 0.15) is 5.76 Å². The fraction of sp³-hybridized carbons (Fsp3) is 0.125. The molecule has 0 aliphatic carbocycles. The molecular formula is C8H6N2O2. The SMILES string of the molecule is O=C1N=CC(c2ccco2)C=N1. The van der Waals surface area contributed by atoms with Gasteiger partial charge in [0.15, 0.2) is 0 Å². The maximum Gasteiger partial charge on any atom is 0.366 e. The number of urea groups is 1. The lowest BCUT2D eigenvalue weighted by atomic mass is 10.1. The number of aliphatic imine (C=N–C) groups is 2. The van der Waals surface area contributed by atoms with Crippen LogP contribution in [-0.2, 0) is 0 Å². The number of carbonyl (C=O) groups excluding carboxylic acids is 1. The highest BCUT2D eigenvalue weighted by Crippen LogP contribution is 2.14. The summed E-state index contributed by atoms with van der Waals surface area (Å²) in [5.74, 6) is 0.646. The summed E-state index contributed by atoms with van der Waals surface area (Å²) in [6.45, 7) is 0. The van der Waals surface area contributed by atoms with E-state index in [0.29, 0.717) is 0 Å². The second-order valence-corrected chi connectivity index (χ2v) is 2.38. The van der Waals surface area contributed by atoms with E-state index in [0.717, 1.165) is 5.76 Å². The quantitative estimate of drug-likeness (QED) is 0.630. The van der Waals surface area contributed by atoms with Crippen LogP contribution in [0.1, 0.15) is 11.7 Å². The molecule has 1 aliphatic rings. The largest absolute Gasteiger partial charge is 0.468 e. The Labute approximate surface area is 68.6 Å². The van der Waals surface area contributed by atoms with Crippen molar-refractivity contribution in [3.63, 3.8) is 0 Å². The van der Waals surface area contributed by atoms with Crippen LogP contribution in [0.3, 0.4) is 0 Å². The molecule has 0 aromatic carbocycles. The summed E-state index contributed by atoms with van der Waals surface area (Å²) in [6, 6.07) is 3.14. The molecule has 4 nitrogen and oxygen atoms in total. The average molecular weight is 162 g/mol. The van der Waals surface area contributed by atoms with Crippen molar-refractivity contribution in [2.45, 2.75) is 5.92 Å². The Morgan fingerprint density at radius 3 is 2.67 bits per heavy atom. The Morgan fingerprint density at radius 1 is 1.33 bits per heavy atom. The van der Waals surface area contributed by atoms with Gasteiger partial charge in [-0.1, -0.05) is 0 Å². The maximum atomic E-state index is 10.6. The van der Waals surface area contributed by atoms with Crippen molar-refractivity contribution in [1.82, 2.24) is 0 Å². The van der Waals surface area contributed by atoms with Gasteiger partial charge in [0.25, 0.3) is 0 Å². The summed E-state index contributed by atoms with van der Waals surface area (Å²) in [4.78, 5) is 17.6. The highest BCUT2D eigenvalue weighted by atomic mass is 16.3. The monoisotopic (exact) mass is 162 g/mol. The predicted molar refractivity (Wildman–Crippen MR) is 43.8 cm³/mol. The topological polar surface area (TPSA) is 54.9 Å². The predicted octanol–water partition coefficient (Wildman–Crippen LogP) is 1.64. The van der Waals surface area contributed by atoms with Gasteiger partial charge >= 0.3 is 6.03 Å². The number of hydrogen-bond acceptors (Lipinski definition) is 2. The molecule has 0 bridgehead atoms. The van der Waals surface area contributed by atoms with Gasteiger partial charge in [-0.2, -0.15) is 0 Å². The van der Waals surface area contributed by atoms with Gasteiger partial charge in [0.05, 0.1) is 12.2 Å². The molecule has 1 aromatic rings. The molecule has 0 fully saturated rings. The van der Waals surface area contributed by atoms with Crippen LogP contribution < -0.4 is 0 Å². The molecule has 60 valence electrons. The first-order valence-corrected chi connectivity index (χ1v) is 3.52. The van der Waals surface area contributed by atoms with Crippen LogP contribution in [0.5, 0.6) is 0 Å². The standard InChI is InChI=1S/C8H6N2O2/c11-8-9-4-6(5-10-8)7-2-1-3-12-7/h1-6H. The lowest BCUT2D eigenvalue weighted by Crippen LogP contribution is -2.07. The Bertz CT molecular complexity index is 322. The van der Waals surface area contributed by atoms with Crippen LogP contribution in [0.2, 0.25) is 0 Å². The second kappa shape index (κ2) is 2.73. The fourth-order valence-electron chi connectivity index (χ4n) is 0.988. The van der Waals surface area contributed by atoms with Crippen molar-refractivity contribution in [1.29, 1.82) is 0 Å². The van der Waals surface area contributed by atoms with Crippen molar-refractivity contribution in [3.05, 3.63) is 24.2 Å². The van der Waals surface area contributed by atoms with E-state index in [1.807, 2.05) is 6.07 Å². The average Bonchev–Trinajstić information content (AvgIpc) is 2.58. The summed E-state index contributed by atoms with van der Waals surface area (Å²) < 4.78 is 5.11. The minimum absolute atomic E-state index is 0.0994. The lowest BCUT2D eigenvalue weighted by Gasteiger charge is -2.03. The van der Waals surface area contributed by atoms with Crippen molar-refractivity contribution >= 4 is 18.5 Å². The molecule has 0 N–H and O–H groups in total. The van der Waals surface area contributed by atoms with Gasteiger partial charge in [-0.05, 0) is 12.1 Å². The molecular weight excluding hydrogens is 156 g/mol. The molecule has 2 amide bonds. The first kappa shape index (κ1) is 6.97. The van der Waals surface area contributed by atoms with E-state index in [4.69, 9.17) is 4.42 Å². The van der Waals surface area contributed by atoms with E-state index in [1.54, 1.807) is 12.3 Å². The molecule has 1 aromatic heterocycles. The molecule has 2 rings (SSSR count). The van der Waals surface area contributed by atoms with Crippen LogP contribution in [0.15, 0.2) is 32.8 Å². The highest BCUT2D eigenvalue weighted by molar-refractivity contribution is 6.03. The van der Waals surface area contributed by atoms with Crippen molar-refractivity contribution in [2.75, 3.05) is 0 Å². The molecule has 0 saturated heterocycles. The Morgan fingerprint density at radius 2 is 2.08 bits per heavy atom. The second-order valence-electron chi connectivity index (χ2n) is 2.38. The third kappa shape index (κ3) is 1.18. The summed E-state index contributed by atoms with van der Waals surface area (Å²) in [7, 11) is 0. The molecule has 0 atom stereocenters. The first-order chi connectivity index (χ1) is 5.86. The van der Waals surface area contributed by atoms with Crippen LogP contribution in [-0.4, -0.2) is 18.5 Å². The Kier molecular flexibility index (Phi) is 1.59. The summed E-state index contributed by atoms with van der Waals surface area (Å²) in [6.07, 6.45) is 4.62.